The van der Waals surface area contributed by atoms with E-state index in [9.17, 15) is 4.39 Å². The molecule has 0 spiro atoms. The highest BCUT2D eigenvalue weighted by Gasteiger charge is 2.05. The highest BCUT2D eigenvalue weighted by molar-refractivity contribution is 14.0. The van der Waals surface area contributed by atoms with E-state index in [0.29, 0.717) is 0 Å². The summed E-state index contributed by atoms with van der Waals surface area (Å²) < 4.78 is 13.2. The molecule has 6 heteroatoms. The molecule has 0 bridgehead atoms. The Balaban J connectivity index is 0.00000243. The van der Waals surface area contributed by atoms with E-state index in [2.05, 4.69) is 51.8 Å². The van der Waals surface area contributed by atoms with Crippen LogP contribution >= 0.6 is 24.0 Å². The zero-order chi connectivity index (χ0) is 17.6. The second kappa shape index (κ2) is 9.56. The van der Waals surface area contributed by atoms with Crippen LogP contribution in [0.4, 0.5) is 4.39 Å². The van der Waals surface area contributed by atoms with Gasteiger partial charge in [0, 0.05) is 37.2 Å². The van der Waals surface area contributed by atoms with E-state index in [0.717, 1.165) is 41.9 Å². The Bertz CT molecular complexity index is 888. The first-order valence-electron chi connectivity index (χ1n) is 8.41. The molecular formula is C20H24FIN4. The number of nitrogens with zero attached hydrogens (tertiary/aromatic N) is 1. The summed E-state index contributed by atoms with van der Waals surface area (Å²) in [6, 6.07) is 13.2. The van der Waals surface area contributed by atoms with Crippen LogP contribution in [0, 0.1) is 12.7 Å². The number of nitrogens with one attached hydrogen (secondary N) is 3. The Kier molecular flexibility index (Phi) is 7.44. The standard InChI is InChI=1S/C20H23FN4.HI/c1-14-4-3-5-15(10-14)12-25-20(22-2)23-9-8-16-13-24-19-11-17(21)6-7-18(16)19;/h3-7,10-11,13,24H,8-9,12H2,1-2H3,(H2,22,23,25);1H. The minimum Gasteiger partial charge on any atom is -0.361 e. The van der Waals surface area contributed by atoms with Crippen molar-refractivity contribution in [1.29, 1.82) is 0 Å². The molecule has 0 fully saturated rings. The lowest BCUT2D eigenvalue weighted by atomic mass is 10.1. The van der Waals surface area contributed by atoms with Gasteiger partial charge in [0.2, 0.25) is 0 Å². The zero-order valence-electron chi connectivity index (χ0n) is 15.0. The number of rotatable bonds is 5. The van der Waals surface area contributed by atoms with E-state index in [4.69, 9.17) is 0 Å². The molecule has 0 unspecified atom stereocenters. The summed E-state index contributed by atoms with van der Waals surface area (Å²) in [5.41, 5.74) is 4.47. The summed E-state index contributed by atoms with van der Waals surface area (Å²) in [6.45, 7) is 3.56. The van der Waals surface area contributed by atoms with Gasteiger partial charge in [0.05, 0.1) is 0 Å². The molecule has 0 saturated heterocycles. The van der Waals surface area contributed by atoms with Crippen molar-refractivity contribution in [1.82, 2.24) is 15.6 Å². The Morgan fingerprint density at radius 2 is 2.00 bits per heavy atom. The summed E-state index contributed by atoms with van der Waals surface area (Å²) >= 11 is 0. The van der Waals surface area contributed by atoms with E-state index in [-0.39, 0.29) is 29.8 Å². The van der Waals surface area contributed by atoms with E-state index >= 15 is 0 Å². The maximum atomic E-state index is 13.2. The smallest absolute Gasteiger partial charge is 0.191 e. The number of H-pyrrole nitrogens is 1. The number of aromatic nitrogens is 1. The average molecular weight is 466 g/mol. The van der Waals surface area contributed by atoms with Crippen LogP contribution in [0.1, 0.15) is 16.7 Å². The number of halogens is 2. The molecule has 0 radical (unpaired) electrons. The topological polar surface area (TPSA) is 52.2 Å². The minimum absolute atomic E-state index is 0. The van der Waals surface area contributed by atoms with Crippen molar-refractivity contribution in [3.63, 3.8) is 0 Å². The monoisotopic (exact) mass is 466 g/mol. The van der Waals surface area contributed by atoms with Gasteiger partial charge in [-0.05, 0) is 42.7 Å². The first-order valence-corrected chi connectivity index (χ1v) is 8.41. The van der Waals surface area contributed by atoms with Crippen molar-refractivity contribution in [2.75, 3.05) is 13.6 Å². The van der Waals surface area contributed by atoms with Gasteiger partial charge in [-0.1, -0.05) is 29.8 Å². The third-order valence-electron chi connectivity index (χ3n) is 4.18. The lowest BCUT2D eigenvalue weighted by Crippen LogP contribution is -2.37. The number of aromatic amines is 1. The van der Waals surface area contributed by atoms with Crippen LogP contribution in [0.2, 0.25) is 0 Å². The highest BCUT2D eigenvalue weighted by Crippen LogP contribution is 2.19. The molecule has 4 nitrogen and oxygen atoms in total. The molecule has 26 heavy (non-hydrogen) atoms. The van der Waals surface area contributed by atoms with Gasteiger partial charge < -0.3 is 15.6 Å². The van der Waals surface area contributed by atoms with Crippen LogP contribution < -0.4 is 10.6 Å². The number of benzene rings is 2. The molecule has 0 atom stereocenters. The predicted molar refractivity (Wildman–Crippen MR) is 117 cm³/mol. The fourth-order valence-electron chi connectivity index (χ4n) is 2.91. The number of hydrogen-bond acceptors (Lipinski definition) is 1. The molecule has 1 aromatic heterocycles. The van der Waals surface area contributed by atoms with E-state index in [1.165, 1.54) is 23.3 Å². The van der Waals surface area contributed by atoms with Crippen molar-refractivity contribution in [2.45, 2.75) is 19.9 Å². The van der Waals surface area contributed by atoms with Crippen molar-refractivity contribution in [3.8, 4) is 0 Å². The molecule has 3 N–H and O–H groups in total. The van der Waals surface area contributed by atoms with Crippen LogP contribution in [0.25, 0.3) is 10.9 Å². The quantitative estimate of drug-likeness (QED) is 0.301. The van der Waals surface area contributed by atoms with Gasteiger partial charge in [0.25, 0.3) is 0 Å². The highest BCUT2D eigenvalue weighted by atomic mass is 127. The molecule has 0 aliphatic carbocycles. The first-order chi connectivity index (χ1) is 12.2. The molecule has 0 aliphatic rings. The Hall–Kier alpha value is -2.09. The van der Waals surface area contributed by atoms with Crippen LogP contribution in [-0.4, -0.2) is 24.5 Å². The molecular weight excluding hydrogens is 442 g/mol. The molecule has 0 saturated carbocycles. The lowest BCUT2D eigenvalue weighted by Gasteiger charge is -2.12. The zero-order valence-corrected chi connectivity index (χ0v) is 17.3. The summed E-state index contributed by atoms with van der Waals surface area (Å²) in [5.74, 6) is 0.548. The molecule has 3 rings (SSSR count). The minimum atomic E-state index is -0.222. The van der Waals surface area contributed by atoms with Gasteiger partial charge >= 0.3 is 0 Å². The Morgan fingerprint density at radius 3 is 2.77 bits per heavy atom. The predicted octanol–water partition coefficient (Wildman–Crippen LogP) is 4.14. The van der Waals surface area contributed by atoms with Gasteiger partial charge in [0.15, 0.2) is 5.96 Å². The third-order valence-corrected chi connectivity index (χ3v) is 4.18. The number of aryl methyl sites for hydroxylation is 1. The van der Waals surface area contributed by atoms with E-state index in [1.54, 1.807) is 7.05 Å². The molecule has 1 heterocycles. The SMILES string of the molecule is CN=C(NCCc1c[nH]c2cc(F)ccc12)NCc1cccc(C)c1.I. The number of aliphatic imine (C=N–C) groups is 1. The summed E-state index contributed by atoms with van der Waals surface area (Å²) in [5, 5.41) is 7.70. The van der Waals surface area contributed by atoms with E-state index < -0.39 is 0 Å². The van der Waals surface area contributed by atoms with Crippen molar-refractivity contribution in [3.05, 3.63) is 71.2 Å². The number of guanidine groups is 1. The van der Waals surface area contributed by atoms with Crippen molar-refractivity contribution in [2.24, 2.45) is 4.99 Å². The second-order valence-corrected chi connectivity index (χ2v) is 6.10. The van der Waals surface area contributed by atoms with Gasteiger partial charge in [0.1, 0.15) is 5.82 Å². The fraction of sp³-hybridized carbons (Fsp3) is 0.250. The molecule has 0 aliphatic heterocycles. The van der Waals surface area contributed by atoms with Crippen LogP contribution in [0.3, 0.4) is 0 Å². The molecule has 3 aromatic rings. The van der Waals surface area contributed by atoms with Gasteiger partial charge in [-0.25, -0.2) is 4.39 Å². The number of fused-ring (bicyclic) bond motifs is 1. The second-order valence-electron chi connectivity index (χ2n) is 6.10. The van der Waals surface area contributed by atoms with Crippen LogP contribution in [0.5, 0.6) is 0 Å². The third kappa shape index (κ3) is 5.20. The maximum Gasteiger partial charge on any atom is 0.191 e. The maximum absolute atomic E-state index is 13.2. The Morgan fingerprint density at radius 1 is 1.15 bits per heavy atom. The largest absolute Gasteiger partial charge is 0.361 e. The lowest BCUT2D eigenvalue weighted by molar-refractivity contribution is 0.629. The average Bonchev–Trinajstić information content (AvgIpc) is 3.00. The van der Waals surface area contributed by atoms with Crippen LogP contribution in [-0.2, 0) is 13.0 Å². The van der Waals surface area contributed by atoms with Gasteiger partial charge in [-0.15, -0.1) is 24.0 Å². The fourth-order valence-corrected chi connectivity index (χ4v) is 2.91. The first kappa shape index (κ1) is 20.2. The van der Waals surface area contributed by atoms with Crippen molar-refractivity contribution < 1.29 is 4.39 Å². The normalized spacial score (nSPS) is 11.3. The van der Waals surface area contributed by atoms with Gasteiger partial charge in [-0.3, -0.25) is 4.99 Å². The molecule has 2 aromatic carbocycles. The van der Waals surface area contributed by atoms with E-state index in [1.807, 2.05) is 12.3 Å². The van der Waals surface area contributed by atoms with Gasteiger partial charge in [-0.2, -0.15) is 0 Å². The number of hydrogen-bond donors (Lipinski definition) is 3. The summed E-state index contributed by atoms with van der Waals surface area (Å²) in [6.07, 6.45) is 2.77. The summed E-state index contributed by atoms with van der Waals surface area (Å²) in [7, 11) is 1.76. The Labute approximate surface area is 170 Å². The van der Waals surface area contributed by atoms with Crippen molar-refractivity contribution >= 4 is 40.8 Å². The molecule has 0 amide bonds. The molecule has 138 valence electrons. The summed E-state index contributed by atoms with van der Waals surface area (Å²) in [4.78, 5) is 7.37. The van der Waals surface area contributed by atoms with Crippen LogP contribution in [0.15, 0.2) is 53.7 Å².